The van der Waals surface area contributed by atoms with Gasteiger partial charge < -0.3 is 4.74 Å². The molecule has 1 unspecified atom stereocenters. The quantitative estimate of drug-likeness (QED) is 0.105. The number of benzene rings is 2. The van der Waals surface area contributed by atoms with Crippen molar-refractivity contribution in [3.05, 3.63) is 54.1 Å². The first-order valence-electron chi connectivity index (χ1n) is 14.6. The molecule has 40 heavy (non-hydrogen) atoms. The van der Waals surface area contributed by atoms with E-state index in [-0.39, 0.29) is 40.4 Å². The fraction of sp³-hybridized carbons (Fsp3) is 0.548. The maximum absolute atomic E-state index is 13.1. The van der Waals surface area contributed by atoms with Crippen LogP contribution in [-0.2, 0) is 14.9 Å². The van der Waals surface area contributed by atoms with E-state index in [1.54, 1.807) is 6.21 Å². The van der Waals surface area contributed by atoms with Crippen LogP contribution in [0.5, 0.6) is 5.75 Å². The number of ether oxygens (including phenoxy) is 1. The third-order valence-electron chi connectivity index (χ3n) is 7.19. The molecule has 1 aliphatic rings. The van der Waals surface area contributed by atoms with Gasteiger partial charge in [0.25, 0.3) is 16.0 Å². The second-order valence-electron chi connectivity index (χ2n) is 10.3. The van der Waals surface area contributed by atoms with E-state index < -0.39 is 16.0 Å². The monoisotopic (exact) mass is 579 g/mol. The summed E-state index contributed by atoms with van der Waals surface area (Å²) in [7, 11) is -4.30. The van der Waals surface area contributed by atoms with Crippen molar-refractivity contribution in [2.45, 2.75) is 108 Å². The van der Waals surface area contributed by atoms with Gasteiger partial charge >= 0.3 is 0 Å². The average molecular weight is 580 g/mol. The number of unbranched alkanes of at least 4 members (excludes halogenated alkanes) is 13. The molecule has 7 nitrogen and oxygen atoms in total. The van der Waals surface area contributed by atoms with Gasteiger partial charge in [-0.3, -0.25) is 9.35 Å². The Bertz CT molecular complexity index is 1150. The number of para-hydroxylation sites is 1. The number of hydrazone groups is 1. The Morgan fingerprint density at radius 2 is 1.32 bits per heavy atom. The van der Waals surface area contributed by atoms with Crippen LogP contribution in [-0.4, -0.2) is 61.3 Å². The van der Waals surface area contributed by atoms with Gasteiger partial charge in [0.1, 0.15) is 11.7 Å². The molecule has 0 fully saturated rings. The first kappa shape index (κ1) is 34.5. The number of anilines is 1. The number of amides is 1. The van der Waals surface area contributed by atoms with E-state index in [1.165, 1.54) is 106 Å². The molecule has 0 spiro atoms. The molecular weight excluding hydrogens is 535 g/mol. The van der Waals surface area contributed by atoms with Crippen LogP contribution in [0.1, 0.15) is 108 Å². The van der Waals surface area contributed by atoms with Crippen LogP contribution in [0.2, 0.25) is 0 Å². The number of hydrogen-bond acceptors (Lipinski definition) is 5. The van der Waals surface area contributed by atoms with Crippen LogP contribution in [0.3, 0.4) is 0 Å². The number of rotatable bonds is 19. The van der Waals surface area contributed by atoms with Crippen molar-refractivity contribution in [1.82, 2.24) is 0 Å². The molecule has 0 aromatic heterocycles. The van der Waals surface area contributed by atoms with Gasteiger partial charge in [0.15, 0.2) is 0 Å². The molecule has 1 atom stereocenters. The molecule has 215 valence electrons. The predicted molar refractivity (Wildman–Crippen MR) is 163 cm³/mol. The Hall–Kier alpha value is -1.71. The molecule has 0 saturated heterocycles. The topological polar surface area (TPSA) is 96.3 Å². The number of carbonyl (C=O) groups is 1. The van der Waals surface area contributed by atoms with Gasteiger partial charge in [0.05, 0.1) is 17.2 Å². The second-order valence-corrected chi connectivity index (χ2v) is 11.8. The standard InChI is InChI=1S/C31H44N2O5S.Na/c1-2-3-4-5-6-7-8-9-10-11-12-13-14-17-24-38-30-19-16-15-18-28(30)29-25-32-33(31(29)34)26-20-22-27(23-21-26)39(35,36)37;/h15-16,18-23,25,29H,2-14,17,24H2,1H3,(H,35,36,37);. The second kappa shape index (κ2) is 18.7. The molecule has 0 aliphatic carbocycles. The van der Waals surface area contributed by atoms with Crippen molar-refractivity contribution in [3.8, 4) is 5.75 Å². The summed E-state index contributed by atoms with van der Waals surface area (Å²) in [6.07, 6.45) is 19.9. The Morgan fingerprint density at radius 1 is 0.800 bits per heavy atom. The van der Waals surface area contributed by atoms with E-state index in [0.29, 0.717) is 18.0 Å². The van der Waals surface area contributed by atoms with E-state index in [0.717, 1.165) is 18.4 Å². The molecule has 9 heteroatoms. The first-order chi connectivity index (χ1) is 18.9. The van der Waals surface area contributed by atoms with Crippen molar-refractivity contribution in [3.63, 3.8) is 0 Å². The van der Waals surface area contributed by atoms with Crippen LogP contribution in [0.15, 0.2) is 58.5 Å². The maximum atomic E-state index is 13.1. The summed E-state index contributed by atoms with van der Waals surface area (Å²) in [6, 6.07) is 12.9. The Balaban J connectivity index is 0.00000560. The van der Waals surface area contributed by atoms with E-state index >= 15 is 0 Å². The molecule has 1 radical (unpaired) electrons. The van der Waals surface area contributed by atoms with Crippen molar-refractivity contribution in [2.75, 3.05) is 11.6 Å². The van der Waals surface area contributed by atoms with Gasteiger partial charge in [0.2, 0.25) is 0 Å². The number of carbonyl (C=O) groups excluding carboxylic acids is 1. The van der Waals surface area contributed by atoms with E-state index in [9.17, 15) is 17.8 Å². The van der Waals surface area contributed by atoms with Gasteiger partial charge in [0, 0.05) is 41.3 Å². The fourth-order valence-electron chi connectivity index (χ4n) is 4.90. The van der Waals surface area contributed by atoms with E-state index in [1.807, 2.05) is 24.3 Å². The van der Waals surface area contributed by atoms with Gasteiger partial charge in [-0.05, 0) is 36.8 Å². The average Bonchev–Trinajstić information content (AvgIpc) is 3.31. The van der Waals surface area contributed by atoms with Gasteiger partial charge in [-0.2, -0.15) is 13.5 Å². The molecule has 1 aliphatic heterocycles. The Morgan fingerprint density at radius 3 is 1.88 bits per heavy atom. The summed E-state index contributed by atoms with van der Waals surface area (Å²) in [5.41, 5.74) is 1.18. The minimum absolute atomic E-state index is 0. The SMILES string of the molecule is CCCCCCCCCCCCCCCCOc1ccccc1C1C=NN(c2ccc(S(=O)(=O)O)cc2)C1=O.[Na]. The van der Waals surface area contributed by atoms with Crippen LogP contribution in [0.4, 0.5) is 5.69 Å². The molecular formula is C31H44N2NaO5S. The summed E-state index contributed by atoms with van der Waals surface area (Å²) in [4.78, 5) is 12.9. The third kappa shape index (κ3) is 11.3. The molecule has 1 amide bonds. The number of hydrogen-bond donors (Lipinski definition) is 1. The van der Waals surface area contributed by atoms with Crippen molar-refractivity contribution in [2.24, 2.45) is 5.10 Å². The molecule has 3 rings (SSSR count). The summed E-state index contributed by atoms with van der Waals surface area (Å²) in [5, 5.41) is 5.48. The molecule has 0 saturated carbocycles. The minimum atomic E-state index is -4.30. The predicted octanol–water partition coefficient (Wildman–Crippen LogP) is 7.53. The maximum Gasteiger partial charge on any atom is 0.294 e. The van der Waals surface area contributed by atoms with Crippen LogP contribution < -0.4 is 9.75 Å². The summed E-state index contributed by atoms with van der Waals surface area (Å²) in [6.45, 7) is 2.87. The summed E-state index contributed by atoms with van der Waals surface area (Å²) >= 11 is 0. The van der Waals surface area contributed by atoms with E-state index in [4.69, 9.17) is 4.74 Å². The normalized spacial score (nSPS) is 14.9. The Kier molecular flexibility index (Phi) is 16.1. The zero-order chi connectivity index (χ0) is 27.9. The van der Waals surface area contributed by atoms with Gasteiger partial charge in [-0.1, -0.05) is 109 Å². The molecule has 0 bridgehead atoms. The molecule has 2 aromatic rings. The zero-order valence-corrected chi connectivity index (χ0v) is 27.1. The van der Waals surface area contributed by atoms with Crippen molar-refractivity contribution < 1.29 is 22.5 Å². The summed E-state index contributed by atoms with van der Waals surface area (Å²) < 4.78 is 37.8. The zero-order valence-electron chi connectivity index (χ0n) is 24.3. The largest absolute Gasteiger partial charge is 0.493 e. The third-order valence-corrected chi connectivity index (χ3v) is 8.06. The summed E-state index contributed by atoms with van der Waals surface area (Å²) in [5.74, 6) is -0.151. The van der Waals surface area contributed by atoms with Crippen LogP contribution in [0.25, 0.3) is 0 Å². The van der Waals surface area contributed by atoms with Gasteiger partial charge in [-0.25, -0.2) is 5.01 Å². The van der Waals surface area contributed by atoms with Crippen molar-refractivity contribution in [1.29, 1.82) is 0 Å². The fourth-order valence-corrected chi connectivity index (χ4v) is 5.38. The molecule has 2 aromatic carbocycles. The van der Waals surface area contributed by atoms with E-state index in [2.05, 4.69) is 12.0 Å². The Labute approximate surface area is 262 Å². The number of nitrogens with zero attached hydrogens (tertiary/aromatic N) is 2. The minimum Gasteiger partial charge on any atom is -0.493 e. The van der Waals surface area contributed by atoms with Crippen LogP contribution >= 0.6 is 0 Å². The smallest absolute Gasteiger partial charge is 0.294 e. The van der Waals surface area contributed by atoms with Crippen molar-refractivity contribution >= 4 is 57.5 Å². The van der Waals surface area contributed by atoms with Gasteiger partial charge in [-0.15, -0.1) is 0 Å². The molecule has 1 N–H and O–H groups in total. The first-order valence-corrected chi connectivity index (χ1v) is 16.0. The van der Waals surface area contributed by atoms with Crippen LogP contribution in [0, 0.1) is 0 Å². The molecule has 1 heterocycles.